The molecule has 0 fully saturated rings. The highest BCUT2D eigenvalue weighted by atomic mass is 35.5. The number of halogens is 1. The fraction of sp³-hybridized carbons (Fsp3) is 0.500. The molecular weight excluding hydrogens is 264 g/mol. The molecule has 2 N–H and O–H groups in total. The minimum Gasteiger partial charge on any atom is -0.478 e. The minimum atomic E-state index is -0.968. The molecule has 0 aromatic heterocycles. The van der Waals surface area contributed by atoms with E-state index in [0.29, 0.717) is 11.1 Å². The summed E-state index contributed by atoms with van der Waals surface area (Å²) in [6.45, 7) is 6.03. The molecular formula is C14H21ClN2O2. The van der Waals surface area contributed by atoms with Gasteiger partial charge in [-0.05, 0) is 38.6 Å². The first-order valence-electron chi connectivity index (χ1n) is 6.42. The maximum absolute atomic E-state index is 10.8. The van der Waals surface area contributed by atoms with Gasteiger partial charge in [-0.3, -0.25) is 0 Å². The number of rotatable bonds is 7. The van der Waals surface area contributed by atoms with Crippen LogP contribution in [0.2, 0.25) is 5.02 Å². The lowest BCUT2D eigenvalue weighted by Gasteiger charge is -2.23. The monoisotopic (exact) mass is 284 g/mol. The zero-order valence-corrected chi connectivity index (χ0v) is 12.4. The van der Waals surface area contributed by atoms with Gasteiger partial charge < -0.3 is 15.3 Å². The number of carboxylic acid groups (broad SMARTS) is 1. The van der Waals surface area contributed by atoms with Crippen LogP contribution < -0.4 is 5.32 Å². The van der Waals surface area contributed by atoms with Gasteiger partial charge in [0, 0.05) is 19.1 Å². The maximum Gasteiger partial charge on any atom is 0.335 e. The van der Waals surface area contributed by atoms with Crippen LogP contribution >= 0.6 is 11.6 Å². The highest BCUT2D eigenvalue weighted by Crippen LogP contribution is 2.22. The second-order valence-electron chi connectivity index (χ2n) is 4.66. The SMILES string of the molecule is CCC(C)N(C)CCNc1ccc(C(=O)O)cc1Cl. The molecule has 19 heavy (non-hydrogen) atoms. The van der Waals surface area contributed by atoms with E-state index in [4.69, 9.17) is 16.7 Å². The molecule has 1 unspecified atom stereocenters. The lowest BCUT2D eigenvalue weighted by Crippen LogP contribution is -2.32. The first kappa shape index (κ1) is 15.8. The third kappa shape index (κ3) is 4.73. The van der Waals surface area contributed by atoms with Crippen LogP contribution in [0.3, 0.4) is 0 Å². The summed E-state index contributed by atoms with van der Waals surface area (Å²) in [6, 6.07) is 5.26. The van der Waals surface area contributed by atoms with Crippen molar-refractivity contribution in [2.24, 2.45) is 0 Å². The van der Waals surface area contributed by atoms with E-state index in [1.54, 1.807) is 12.1 Å². The summed E-state index contributed by atoms with van der Waals surface area (Å²) in [5, 5.41) is 12.5. The maximum atomic E-state index is 10.8. The number of nitrogens with zero attached hydrogens (tertiary/aromatic N) is 1. The summed E-state index contributed by atoms with van der Waals surface area (Å²) in [4.78, 5) is 13.1. The molecule has 0 heterocycles. The second kappa shape index (κ2) is 7.36. The van der Waals surface area contributed by atoms with Gasteiger partial charge in [-0.15, -0.1) is 0 Å². The summed E-state index contributed by atoms with van der Waals surface area (Å²) in [7, 11) is 2.09. The number of hydrogen-bond acceptors (Lipinski definition) is 3. The van der Waals surface area contributed by atoms with Crippen molar-refractivity contribution in [3.8, 4) is 0 Å². The van der Waals surface area contributed by atoms with Crippen molar-refractivity contribution in [2.45, 2.75) is 26.3 Å². The van der Waals surface area contributed by atoms with Crippen LogP contribution in [0.15, 0.2) is 18.2 Å². The first-order valence-corrected chi connectivity index (χ1v) is 6.80. The number of nitrogens with one attached hydrogen (secondary N) is 1. The molecule has 0 aliphatic rings. The van der Waals surface area contributed by atoms with Crippen LogP contribution in [-0.2, 0) is 0 Å². The van der Waals surface area contributed by atoms with Crippen molar-refractivity contribution < 1.29 is 9.90 Å². The van der Waals surface area contributed by atoms with Crippen LogP contribution in [0.5, 0.6) is 0 Å². The van der Waals surface area contributed by atoms with E-state index in [9.17, 15) is 4.79 Å². The number of benzene rings is 1. The number of carboxylic acids is 1. The van der Waals surface area contributed by atoms with E-state index in [1.807, 2.05) is 0 Å². The molecule has 1 rings (SSSR count). The fourth-order valence-corrected chi connectivity index (χ4v) is 1.94. The molecule has 0 spiro atoms. The van der Waals surface area contributed by atoms with E-state index >= 15 is 0 Å². The van der Waals surface area contributed by atoms with Crippen molar-refractivity contribution in [2.75, 3.05) is 25.5 Å². The van der Waals surface area contributed by atoms with Crippen molar-refractivity contribution in [1.29, 1.82) is 0 Å². The predicted octanol–water partition coefficient (Wildman–Crippen LogP) is 3.18. The van der Waals surface area contributed by atoms with Gasteiger partial charge in [0.05, 0.1) is 16.3 Å². The molecule has 4 nitrogen and oxygen atoms in total. The number of aromatic carboxylic acids is 1. The Morgan fingerprint density at radius 3 is 2.74 bits per heavy atom. The van der Waals surface area contributed by atoms with E-state index < -0.39 is 5.97 Å². The smallest absolute Gasteiger partial charge is 0.335 e. The summed E-state index contributed by atoms with van der Waals surface area (Å²) in [5.74, 6) is -0.968. The van der Waals surface area contributed by atoms with Gasteiger partial charge >= 0.3 is 5.97 Å². The third-order valence-electron chi connectivity index (χ3n) is 3.34. The fourth-order valence-electron chi connectivity index (χ4n) is 1.69. The minimum absolute atomic E-state index is 0.201. The van der Waals surface area contributed by atoms with Gasteiger partial charge in [-0.25, -0.2) is 4.79 Å². The molecule has 0 radical (unpaired) electrons. The highest BCUT2D eigenvalue weighted by Gasteiger charge is 2.08. The quantitative estimate of drug-likeness (QED) is 0.807. The lowest BCUT2D eigenvalue weighted by atomic mass is 10.2. The van der Waals surface area contributed by atoms with Crippen LogP contribution in [0.1, 0.15) is 30.6 Å². The van der Waals surface area contributed by atoms with Crippen LogP contribution in [0.4, 0.5) is 5.69 Å². The number of likely N-dealkylation sites (N-methyl/N-ethyl adjacent to an activating group) is 1. The molecule has 1 aromatic carbocycles. The second-order valence-corrected chi connectivity index (χ2v) is 5.07. The lowest BCUT2D eigenvalue weighted by molar-refractivity contribution is 0.0697. The Balaban J connectivity index is 2.52. The van der Waals surface area contributed by atoms with Crippen molar-refractivity contribution in [3.05, 3.63) is 28.8 Å². The molecule has 1 aromatic rings. The molecule has 0 aliphatic carbocycles. The van der Waals surface area contributed by atoms with E-state index in [1.165, 1.54) is 6.07 Å². The van der Waals surface area contributed by atoms with Gasteiger partial charge in [-0.1, -0.05) is 18.5 Å². The molecule has 1 atom stereocenters. The Morgan fingerprint density at radius 1 is 1.53 bits per heavy atom. The number of carbonyl (C=O) groups is 1. The van der Waals surface area contributed by atoms with Crippen LogP contribution in [-0.4, -0.2) is 42.2 Å². The zero-order chi connectivity index (χ0) is 14.4. The zero-order valence-electron chi connectivity index (χ0n) is 11.6. The van der Waals surface area contributed by atoms with Gasteiger partial charge in [0.15, 0.2) is 0 Å². The third-order valence-corrected chi connectivity index (χ3v) is 3.65. The number of hydrogen-bond donors (Lipinski definition) is 2. The van der Waals surface area contributed by atoms with E-state index in [2.05, 4.69) is 31.1 Å². The summed E-state index contributed by atoms with van der Waals surface area (Å²) >= 11 is 6.04. The van der Waals surface area contributed by atoms with E-state index in [0.717, 1.165) is 25.2 Å². The summed E-state index contributed by atoms with van der Waals surface area (Å²) in [6.07, 6.45) is 1.12. The average molecular weight is 285 g/mol. The van der Waals surface area contributed by atoms with Crippen molar-refractivity contribution >= 4 is 23.3 Å². The normalized spacial score (nSPS) is 12.5. The molecule has 106 valence electrons. The van der Waals surface area contributed by atoms with Gasteiger partial charge in [0.2, 0.25) is 0 Å². The van der Waals surface area contributed by atoms with Gasteiger partial charge in [-0.2, -0.15) is 0 Å². The molecule has 0 saturated carbocycles. The standard InChI is InChI=1S/C14H21ClN2O2/c1-4-10(2)17(3)8-7-16-13-6-5-11(14(18)19)9-12(13)15/h5-6,9-10,16H,4,7-8H2,1-3H3,(H,18,19). The predicted molar refractivity (Wildman–Crippen MR) is 79.3 cm³/mol. The Bertz CT molecular complexity index is 437. The average Bonchev–Trinajstić information content (AvgIpc) is 2.39. The van der Waals surface area contributed by atoms with Crippen LogP contribution in [0, 0.1) is 0 Å². The van der Waals surface area contributed by atoms with Gasteiger partial charge in [0.25, 0.3) is 0 Å². The summed E-state index contributed by atoms with van der Waals surface area (Å²) in [5.41, 5.74) is 0.969. The Morgan fingerprint density at radius 2 is 2.21 bits per heavy atom. The topological polar surface area (TPSA) is 52.6 Å². The van der Waals surface area contributed by atoms with Gasteiger partial charge in [0.1, 0.15) is 0 Å². The van der Waals surface area contributed by atoms with E-state index in [-0.39, 0.29) is 5.56 Å². The van der Waals surface area contributed by atoms with Crippen molar-refractivity contribution in [1.82, 2.24) is 4.90 Å². The molecule has 0 aliphatic heterocycles. The number of anilines is 1. The van der Waals surface area contributed by atoms with Crippen molar-refractivity contribution in [3.63, 3.8) is 0 Å². The van der Waals surface area contributed by atoms with Crippen LogP contribution in [0.25, 0.3) is 0 Å². The first-order chi connectivity index (χ1) is 8.95. The highest BCUT2D eigenvalue weighted by molar-refractivity contribution is 6.33. The Labute approximate surface area is 119 Å². The Kier molecular flexibility index (Phi) is 6.12. The molecule has 0 bridgehead atoms. The Hall–Kier alpha value is -1.26. The summed E-state index contributed by atoms with van der Waals surface area (Å²) < 4.78 is 0. The molecule has 0 amide bonds. The molecule has 5 heteroatoms. The largest absolute Gasteiger partial charge is 0.478 e. The molecule has 0 saturated heterocycles.